The van der Waals surface area contributed by atoms with Gasteiger partial charge in [0.1, 0.15) is 4.32 Å². The number of rotatable bonds is 2. The van der Waals surface area contributed by atoms with Crippen LogP contribution < -0.4 is 5.32 Å². The summed E-state index contributed by atoms with van der Waals surface area (Å²) in [6.07, 6.45) is 0. The third-order valence-corrected chi connectivity index (χ3v) is 2.99. The molecule has 1 nitrogen and oxygen atoms in total. The third kappa shape index (κ3) is 3.47. The Bertz CT molecular complexity index is 248. The first-order chi connectivity index (χ1) is 5.83. The minimum absolute atomic E-state index is 0.710. The first kappa shape index (κ1) is 9.89. The summed E-state index contributed by atoms with van der Waals surface area (Å²) in [5.41, 5.74) is 1.22. The van der Waals surface area contributed by atoms with Crippen LogP contribution in [-0.4, -0.2) is 4.32 Å². The molecule has 0 amide bonds. The van der Waals surface area contributed by atoms with Crippen LogP contribution in [0.5, 0.6) is 0 Å². The van der Waals surface area contributed by atoms with Crippen LogP contribution >= 0.6 is 34.7 Å². The van der Waals surface area contributed by atoms with Gasteiger partial charge in [-0.3, -0.25) is 0 Å². The zero-order valence-corrected chi connectivity index (χ0v) is 8.88. The zero-order chi connectivity index (χ0) is 8.81. The van der Waals surface area contributed by atoms with E-state index in [4.69, 9.17) is 12.2 Å². The van der Waals surface area contributed by atoms with Crippen LogP contribution in [0.25, 0.3) is 0 Å². The van der Waals surface area contributed by atoms with Crippen molar-refractivity contribution in [2.45, 2.75) is 6.54 Å². The second-order valence-corrected chi connectivity index (χ2v) is 4.02. The van der Waals surface area contributed by atoms with Crippen LogP contribution in [0.3, 0.4) is 0 Å². The van der Waals surface area contributed by atoms with Gasteiger partial charge in [-0.2, -0.15) is 0 Å². The lowest BCUT2D eigenvalue weighted by molar-refractivity contribution is 0.940. The van der Waals surface area contributed by atoms with Crippen LogP contribution in [0.1, 0.15) is 5.56 Å². The van der Waals surface area contributed by atoms with E-state index in [1.807, 2.05) is 18.2 Å². The molecule has 0 radical (unpaired) electrons. The van der Waals surface area contributed by atoms with Gasteiger partial charge in [0.15, 0.2) is 0 Å². The van der Waals surface area contributed by atoms with E-state index in [-0.39, 0.29) is 0 Å². The number of thiol groups is 1. The average molecular weight is 215 g/mol. The predicted octanol–water partition coefficient (Wildman–Crippen LogP) is 2.64. The fraction of sp³-hybridized carbons (Fsp3) is 0.125. The molecule has 64 valence electrons. The molecule has 1 N–H and O–H groups in total. The Hall–Kier alpha value is -0.190. The van der Waals surface area contributed by atoms with Crippen molar-refractivity contribution in [3.63, 3.8) is 0 Å². The number of hydrogen-bond acceptors (Lipinski definition) is 3. The van der Waals surface area contributed by atoms with Crippen molar-refractivity contribution in [2.75, 3.05) is 0 Å². The van der Waals surface area contributed by atoms with E-state index < -0.39 is 0 Å². The smallest absolute Gasteiger partial charge is 0.144 e. The summed E-state index contributed by atoms with van der Waals surface area (Å²) < 4.78 is 0.710. The lowest BCUT2D eigenvalue weighted by atomic mass is 10.2. The maximum absolute atomic E-state index is 4.93. The standard InChI is InChI=1S/C8H9NS3/c10-8(12-11)9-6-7-4-2-1-3-5-7/h1-5,11H,6H2,(H,9,10). The molecule has 0 bridgehead atoms. The monoisotopic (exact) mass is 215 g/mol. The van der Waals surface area contributed by atoms with Crippen LogP contribution in [0.15, 0.2) is 30.3 Å². The molecule has 1 aromatic rings. The van der Waals surface area contributed by atoms with E-state index in [0.29, 0.717) is 4.32 Å². The summed E-state index contributed by atoms with van der Waals surface area (Å²) in [5, 5.41) is 3.07. The van der Waals surface area contributed by atoms with Gasteiger partial charge in [0.25, 0.3) is 0 Å². The lowest BCUT2D eigenvalue weighted by Gasteiger charge is -2.03. The summed E-state index contributed by atoms with van der Waals surface area (Å²) in [6.45, 7) is 0.771. The summed E-state index contributed by atoms with van der Waals surface area (Å²) in [5.74, 6) is 0. The Balaban J connectivity index is 2.38. The predicted molar refractivity (Wildman–Crippen MR) is 62.5 cm³/mol. The highest BCUT2D eigenvalue weighted by atomic mass is 33.1. The molecular formula is C8H9NS3. The highest BCUT2D eigenvalue weighted by molar-refractivity contribution is 8.76. The maximum Gasteiger partial charge on any atom is 0.144 e. The number of hydrogen-bond donors (Lipinski definition) is 2. The Labute approximate surface area is 86.7 Å². The normalized spacial score (nSPS) is 9.42. The Morgan fingerprint density at radius 2 is 2.08 bits per heavy atom. The Kier molecular flexibility index (Phi) is 4.50. The minimum Gasteiger partial charge on any atom is -0.366 e. The molecule has 0 spiro atoms. The van der Waals surface area contributed by atoms with E-state index in [1.165, 1.54) is 16.4 Å². The summed E-state index contributed by atoms with van der Waals surface area (Å²) in [7, 11) is 1.26. The molecule has 4 heteroatoms. The molecule has 0 aliphatic heterocycles. The molecule has 0 saturated heterocycles. The Morgan fingerprint density at radius 1 is 1.42 bits per heavy atom. The highest BCUT2D eigenvalue weighted by Gasteiger charge is 1.93. The van der Waals surface area contributed by atoms with Gasteiger partial charge in [-0.25, -0.2) is 0 Å². The summed E-state index contributed by atoms with van der Waals surface area (Å²) in [6, 6.07) is 10.1. The number of nitrogens with one attached hydrogen (secondary N) is 1. The Morgan fingerprint density at radius 3 is 2.67 bits per heavy atom. The molecule has 1 rings (SSSR count). The average Bonchev–Trinajstić information content (AvgIpc) is 2.16. The molecule has 0 aliphatic rings. The molecule has 1 aromatic carbocycles. The highest BCUT2D eigenvalue weighted by Crippen LogP contribution is 2.06. The molecule has 0 unspecified atom stereocenters. The molecule has 0 aromatic heterocycles. The fourth-order valence-corrected chi connectivity index (χ4v) is 1.20. The molecular weight excluding hydrogens is 206 g/mol. The molecule has 12 heavy (non-hydrogen) atoms. The van der Waals surface area contributed by atoms with E-state index in [1.54, 1.807) is 0 Å². The van der Waals surface area contributed by atoms with Crippen molar-refractivity contribution >= 4 is 39.0 Å². The topological polar surface area (TPSA) is 12.0 Å². The van der Waals surface area contributed by atoms with E-state index >= 15 is 0 Å². The van der Waals surface area contributed by atoms with Crippen LogP contribution in [0.4, 0.5) is 0 Å². The van der Waals surface area contributed by atoms with Crippen molar-refractivity contribution in [2.24, 2.45) is 0 Å². The van der Waals surface area contributed by atoms with Crippen LogP contribution in [0.2, 0.25) is 0 Å². The molecule has 0 saturated carbocycles. The summed E-state index contributed by atoms with van der Waals surface area (Å²) >= 11 is 8.90. The van der Waals surface area contributed by atoms with Crippen molar-refractivity contribution in [1.29, 1.82) is 0 Å². The third-order valence-electron chi connectivity index (χ3n) is 1.36. The molecule has 0 aliphatic carbocycles. The maximum atomic E-state index is 4.93. The van der Waals surface area contributed by atoms with Gasteiger partial charge in [0.05, 0.1) is 0 Å². The number of benzene rings is 1. The largest absolute Gasteiger partial charge is 0.366 e. The van der Waals surface area contributed by atoms with Gasteiger partial charge in [0, 0.05) is 6.54 Å². The zero-order valence-electron chi connectivity index (χ0n) is 6.36. The van der Waals surface area contributed by atoms with Gasteiger partial charge in [-0.1, -0.05) is 42.5 Å². The molecule has 0 heterocycles. The van der Waals surface area contributed by atoms with E-state index in [0.717, 1.165) is 6.54 Å². The molecule has 0 atom stereocenters. The van der Waals surface area contributed by atoms with E-state index in [9.17, 15) is 0 Å². The first-order valence-corrected chi connectivity index (χ1v) is 5.74. The van der Waals surface area contributed by atoms with Crippen molar-refractivity contribution in [3.8, 4) is 0 Å². The van der Waals surface area contributed by atoms with Gasteiger partial charge >= 0.3 is 0 Å². The summed E-state index contributed by atoms with van der Waals surface area (Å²) in [4.78, 5) is 0. The van der Waals surface area contributed by atoms with Crippen LogP contribution in [0, 0.1) is 0 Å². The van der Waals surface area contributed by atoms with E-state index in [2.05, 4.69) is 29.1 Å². The second kappa shape index (κ2) is 5.45. The lowest BCUT2D eigenvalue weighted by Crippen LogP contribution is -2.16. The quantitative estimate of drug-likeness (QED) is 0.447. The van der Waals surface area contributed by atoms with Crippen molar-refractivity contribution < 1.29 is 0 Å². The van der Waals surface area contributed by atoms with Gasteiger partial charge in [-0.05, 0) is 16.4 Å². The van der Waals surface area contributed by atoms with Crippen molar-refractivity contribution in [1.82, 2.24) is 5.32 Å². The second-order valence-electron chi connectivity index (χ2n) is 2.22. The van der Waals surface area contributed by atoms with Crippen LogP contribution in [-0.2, 0) is 6.54 Å². The number of thiocarbonyl (C=S) groups is 1. The minimum atomic E-state index is 0.710. The first-order valence-electron chi connectivity index (χ1n) is 3.46. The van der Waals surface area contributed by atoms with Gasteiger partial charge in [0.2, 0.25) is 0 Å². The molecule has 0 fully saturated rings. The SMILES string of the molecule is S=C(NCc1ccccc1)SS. The van der Waals surface area contributed by atoms with Crippen molar-refractivity contribution in [3.05, 3.63) is 35.9 Å². The van der Waals surface area contributed by atoms with Gasteiger partial charge in [-0.15, -0.1) is 11.7 Å². The van der Waals surface area contributed by atoms with Gasteiger partial charge < -0.3 is 5.32 Å². The fourth-order valence-electron chi connectivity index (χ4n) is 0.802.